The number of rotatable bonds is 8. The van der Waals surface area contributed by atoms with Crippen LogP contribution in [-0.2, 0) is 22.2 Å². The number of benzene rings is 2. The van der Waals surface area contributed by atoms with E-state index in [1.54, 1.807) is 55.7 Å². The average Bonchev–Trinajstić information content (AvgIpc) is 3.39. The minimum atomic E-state index is -1.24. The van der Waals surface area contributed by atoms with Gasteiger partial charge >= 0.3 is 6.03 Å². The first kappa shape index (κ1) is 24.0. The molecule has 2 aromatic carbocycles. The zero-order chi connectivity index (χ0) is 25.0. The number of anilines is 1. The maximum Gasteiger partial charge on any atom is 0.344 e. The maximum atomic E-state index is 13.2. The topological polar surface area (TPSA) is 125 Å². The van der Waals surface area contributed by atoms with Crippen molar-refractivity contribution in [1.82, 2.24) is 25.3 Å². The van der Waals surface area contributed by atoms with Gasteiger partial charge in [0.25, 0.3) is 11.8 Å². The predicted octanol–water partition coefficient (Wildman–Crippen LogP) is 2.65. The third-order valence-corrected chi connectivity index (χ3v) is 6.70. The largest absolute Gasteiger partial charge is 0.344 e. The van der Waals surface area contributed by atoms with Gasteiger partial charge in [-0.05, 0) is 36.2 Å². The highest BCUT2D eigenvalue weighted by atomic mass is 32.2. The van der Waals surface area contributed by atoms with Crippen molar-refractivity contribution in [3.8, 4) is 0 Å². The van der Waals surface area contributed by atoms with Gasteiger partial charge in [0, 0.05) is 30.7 Å². The molecule has 4 rings (SSSR count). The lowest BCUT2D eigenvalue weighted by atomic mass is 9.87. The molecule has 1 aliphatic rings. The molecule has 2 heterocycles. The second kappa shape index (κ2) is 10.0. The van der Waals surface area contributed by atoms with Gasteiger partial charge in [-0.1, -0.05) is 49.0 Å². The van der Waals surface area contributed by atoms with Crippen molar-refractivity contribution in [3.05, 3.63) is 78.1 Å². The molecule has 1 atom stereocenters. The standard InChI is InChI=1S/C24H24N6O4S/c1-3-24(17-7-5-4-6-8-17)21(33)30(22(34)27-24)28-20(32)16-9-11-18(12-10-16)26-19(31)15-35-23-25-13-14-29(23)2/h4-14H,3,15H2,1-2H3,(H,26,31)(H,27,34)(H,28,32)/t24-/m1/s1. The smallest absolute Gasteiger partial charge is 0.329 e. The van der Waals surface area contributed by atoms with E-state index in [1.165, 1.54) is 23.9 Å². The van der Waals surface area contributed by atoms with Gasteiger partial charge < -0.3 is 15.2 Å². The van der Waals surface area contributed by atoms with Gasteiger partial charge in [0.2, 0.25) is 5.91 Å². The summed E-state index contributed by atoms with van der Waals surface area (Å²) in [4.78, 5) is 54.8. The maximum absolute atomic E-state index is 13.2. The summed E-state index contributed by atoms with van der Waals surface area (Å²) >= 11 is 1.31. The van der Waals surface area contributed by atoms with Gasteiger partial charge in [-0.15, -0.1) is 0 Å². The number of imide groups is 1. The number of aromatic nitrogens is 2. The lowest BCUT2D eigenvalue weighted by molar-refractivity contribution is -0.133. The SMILES string of the molecule is CC[C@]1(c2ccccc2)NC(=O)N(NC(=O)c2ccc(NC(=O)CSc3nccn3C)cc2)C1=O. The van der Waals surface area contributed by atoms with Crippen molar-refractivity contribution in [2.75, 3.05) is 11.1 Å². The van der Waals surface area contributed by atoms with Crippen LogP contribution >= 0.6 is 11.8 Å². The number of urea groups is 1. The molecule has 180 valence electrons. The Morgan fingerprint density at radius 2 is 1.80 bits per heavy atom. The number of thioether (sulfide) groups is 1. The second-order valence-electron chi connectivity index (χ2n) is 7.87. The Kier molecular flexibility index (Phi) is 6.87. The first-order chi connectivity index (χ1) is 16.8. The fraction of sp³-hybridized carbons (Fsp3) is 0.208. The number of nitrogens with one attached hydrogen (secondary N) is 3. The Labute approximate surface area is 206 Å². The van der Waals surface area contributed by atoms with Crippen molar-refractivity contribution in [1.29, 1.82) is 0 Å². The third kappa shape index (κ3) is 4.90. The predicted molar refractivity (Wildman–Crippen MR) is 130 cm³/mol. The van der Waals surface area contributed by atoms with Crippen LogP contribution in [0.1, 0.15) is 29.3 Å². The molecular formula is C24H24N6O4S. The number of nitrogens with zero attached hydrogens (tertiary/aromatic N) is 3. The molecular weight excluding hydrogens is 468 g/mol. The molecule has 10 nitrogen and oxygen atoms in total. The molecule has 0 saturated carbocycles. The van der Waals surface area contributed by atoms with E-state index in [0.29, 0.717) is 22.7 Å². The van der Waals surface area contributed by atoms with Gasteiger partial charge in [-0.2, -0.15) is 5.01 Å². The summed E-state index contributed by atoms with van der Waals surface area (Å²) in [6.45, 7) is 1.79. The van der Waals surface area contributed by atoms with E-state index in [0.717, 1.165) is 5.16 Å². The highest BCUT2D eigenvalue weighted by Gasteiger charge is 2.52. The lowest BCUT2D eigenvalue weighted by Crippen LogP contribution is -2.48. The Bertz CT molecular complexity index is 1260. The molecule has 0 aliphatic carbocycles. The first-order valence-corrected chi connectivity index (χ1v) is 11.9. The van der Waals surface area contributed by atoms with E-state index in [1.807, 2.05) is 17.7 Å². The number of imidazole rings is 1. The minimum Gasteiger partial charge on any atom is -0.329 e. The van der Waals surface area contributed by atoms with E-state index in [-0.39, 0.29) is 17.2 Å². The summed E-state index contributed by atoms with van der Waals surface area (Å²) in [6, 6.07) is 14.3. The summed E-state index contributed by atoms with van der Waals surface area (Å²) in [5, 5.41) is 6.91. The van der Waals surface area contributed by atoms with E-state index in [2.05, 4.69) is 21.0 Å². The highest BCUT2D eigenvalue weighted by Crippen LogP contribution is 2.31. The Morgan fingerprint density at radius 3 is 2.43 bits per heavy atom. The van der Waals surface area contributed by atoms with Crippen LogP contribution in [0.3, 0.4) is 0 Å². The number of carbonyl (C=O) groups excluding carboxylic acids is 4. The molecule has 5 amide bonds. The van der Waals surface area contributed by atoms with E-state index >= 15 is 0 Å². The molecule has 0 bridgehead atoms. The summed E-state index contributed by atoms with van der Waals surface area (Å²) in [5.74, 6) is -1.22. The summed E-state index contributed by atoms with van der Waals surface area (Å²) in [6.07, 6.45) is 3.78. The fourth-order valence-corrected chi connectivity index (χ4v) is 4.46. The molecule has 35 heavy (non-hydrogen) atoms. The van der Waals surface area contributed by atoms with Crippen LogP contribution in [0.25, 0.3) is 0 Å². The number of amides is 5. The van der Waals surface area contributed by atoms with Crippen LogP contribution in [0, 0.1) is 0 Å². The minimum absolute atomic E-state index is 0.180. The lowest BCUT2D eigenvalue weighted by Gasteiger charge is -2.25. The molecule has 1 saturated heterocycles. The van der Waals surface area contributed by atoms with E-state index in [4.69, 9.17) is 0 Å². The van der Waals surface area contributed by atoms with Crippen LogP contribution in [0.2, 0.25) is 0 Å². The van der Waals surface area contributed by atoms with Crippen LogP contribution in [0.5, 0.6) is 0 Å². The quantitative estimate of drug-likeness (QED) is 0.328. The first-order valence-electron chi connectivity index (χ1n) is 10.9. The summed E-state index contributed by atoms with van der Waals surface area (Å²) < 4.78 is 1.82. The van der Waals surface area contributed by atoms with E-state index in [9.17, 15) is 19.2 Å². The Morgan fingerprint density at radius 1 is 1.09 bits per heavy atom. The second-order valence-corrected chi connectivity index (χ2v) is 8.81. The third-order valence-electron chi connectivity index (χ3n) is 5.64. The van der Waals surface area contributed by atoms with Gasteiger partial charge in [0.1, 0.15) is 5.54 Å². The summed E-state index contributed by atoms with van der Waals surface area (Å²) in [7, 11) is 1.85. The van der Waals surface area contributed by atoms with Crippen molar-refractivity contribution < 1.29 is 19.2 Å². The number of hydrogen-bond acceptors (Lipinski definition) is 6. The zero-order valence-corrected chi connectivity index (χ0v) is 20.0. The van der Waals surface area contributed by atoms with Crippen molar-refractivity contribution in [2.45, 2.75) is 24.0 Å². The number of aryl methyl sites for hydroxylation is 1. The van der Waals surface area contributed by atoms with Gasteiger partial charge in [-0.3, -0.25) is 19.8 Å². The normalized spacial score (nSPS) is 17.3. The van der Waals surface area contributed by atoms with Crippen molar-refractivity contribution in [3.63, 3.8) is 0 Å². The van der Waals surface area contributed by atoms with Crippen LogP contribution in [0.15, 0.2) is 72.1 Å². The van der Waals surface area contributed by atoms with Crippen molar-refractivity contribution >= 4 is 41.2 Å². The number of hydrazine groups is 1. The van der Waals surface area contributed by atoms with Crippen LogP contribution in [-0.4, -0.2) is 44.1 Å². The number of carbonyl (C=O) groups is 4. The van der Waals surface area contributed by atoms with E-state index < -0.39 is 23.4 Å². The van der Waals surface area contributed by atoms with Crippen molar-refractivity contribution in [2.24, 2.45) is 7.05 Å². The number of hydrogen-bond donors (Lipinski definition) is 3. The Balaban J connectivity index is 1.37. The van der Waals surface area contributed by atoms with Crippen LogP contribution < -0.4 is 16.1 Å². The molecule has 1 fully saturated rings. The summed E-state index contributed by atoms with van der Waals surface area (Å²) in [5.41, 5.74) is 2.51. The van der Waals surface area contributed by atoms with Gasteiger partial charge in [0.15, 0.2) is 5.16 Å². The molecule has 0 spiro atoms. The molecule has 1 aliphatic heterocycles. The highest BCUT2D eigenvalue weighted by molar-refractivity contribution is 7.99. The fourth-order valence-electron chi connectivity index (χ4n) is 3.73. The van der Waals surface area contributed by atoms with Gasteiger partial charge in [-0.25, -0.2) is 9.78 Å². The monoisotopic (exact) mass is 492 g/mol. The molecule has 1 aromatic heterocycles. The van der Waals surface area contributed by atoms with Gasteiger partial charge in [0.05, 0.1) is 5.75 Å². The Hall–Kier alpha value is -4.12. The molecule has 3 aromatic rings. The molecule has 3 N–H and O–H groups in total. The molecule has 11 heteroatoms. The molecule has 0 radical (unpaired) electrons. The van der Waals surface area contributed by atoms with Crippen LogP contribution in [0.4, 0.5) is 10.5 Å². The average molecular weight is 493 g/mol. The molecule has 0 unspecified atom stereocenters. The zero-order valence-electron chi connectivity index (χ0n) is 19.1.